The van der Waals surface area contributed by atoms with Crippen LogP contribution in [-0.2, 0) is 14.8 Å². The zero-order valence-electron chi connectivity index (χ0n) is 17.8. The Morgan fingerprint density at radius 2 is 1.87 bits per heavy atom. The summed E-state index contributed by atoms with van der Waals surface area (Å²) in [4.78, 5) is 13.1. The van der Waals surface area contributed by atoms with Crippen molar-refractivity contribution in [2.24, 2.45) is 0 Å². The maximum absolute atomic E-state index is 13.3. The molecule has 1 heterocycles. The average molecular weight is 435 g/mol. The van der Waals surface area contributed by atoms with E-state index in [2.05, 4.69) is 5.32 Å². The van der Waals surface area contributed by atoms with E-state index >= 15 is 0 Å². The molecule has 3 rings (SSSR count). The molecule has 0 aromatic heterocycles. The summed E-state index contributed by atoms with van der Waals surface area (Å²) in [5.41, 5.74) is 1.64. The van der Waals surface area contributed by atoms with Crippen LogP contribution in [0.25, 0.3) is 0 Å². The highest BCUT2D eigenvalue weighted by molar-refractivity contribution is 7.92. The highest BCUT2D eigenvalue weighted by atomic mass is 32.2. The van der Waals surface area contributed by atoms with E-state index in [1.54, 1.807) is 0 Å². The fourth-order valence-corrected chi connectivity index (χ4v) is 4.95. The Bertz CT molecular complexity index is 1050. The molecule has 0 saturated heterocycles. The van der Waals surface area contributed by atoms with Gasteiger partial charge in [0.05, 0.1) is 18.0 Å². The third-order valence-corrected chi connectivity index (χ3v) is 6.35. The molecule has 0 bridgehead atoms. The number of ether oxygens (including phenoxy) is 1. The fourth-order valence-electron chi connectivity index (χ4n) is 3.78. The smallest absolute Gasteiger partial charge is 0.244 e. The number of hydrogen-bond donors (Lipinski definition) is 1. The number of anilines is 1. The Balaban J connectivity index is 1.89. The Labute approximate surface area is 177 Å². The fraction of sp³-hybridized carbons (Fsp3) is 0.409. The normalized spacial score (nSPS) is 18.7. The van der Waals surface area contributed by atoms with Gasteiger partial charge >= 0.3 is 0 Å². The number of aryl methyl sites for hydroxylation is 1. The van der Waals surface area contributed by atoms with Crippen molar-refractivity contribution in [3.05, 3.63) is 59.4 Å². The first-order chi connectivity index (χ1) is 13.9. The first kappa shape index (κ1) is 22.1. The van der Waals surface area contributed by atoms with Gasteiger partial charge in [-0.25, -0.2) is 12.8 Å². The lowest BCUT2D eigenvalue weighted by Crippen LogP contribution is -2.50. The van der Waals surface area contributed by atoms with E-state index in [4.69, 9.17) is 4.74 Å². The summed E-state index contributed by atoms with van der Waals surface area (Å²) in [5.74, 6) is -0.220. The van der Waals surface area contributed by atoms with Gasteiger partial charge in [-0.3, -0.25) is 9.10 Å². The minimum atomic E-state index is -3.78. The van der Waals surface area contributed by atoms with Gasteiger partial charge in [0.25, 0.3) is 0 Å². The zero-order chi connectivity index (χ0) is 22.3. The number of carbonyl (C=O) groups excluding carboxylic acids is 1. The minimum Gasteiger partial charge on any atom is -0.487 e. The van der Waals surface area contributed by atoms with E-state index in [-0.39, 0.29) is 11.7 Å². The summed E-state index contributed by atoms with van der Waals surface area (Å²) in [6.07, 6.45) is 1.56. The number of carbonyl (C=O) groups is 1. The van der Waals surface area contributed by atoms with Crippen LogP contribution in [0, 0.1) is 12.7 Å². The van der Waals surface area contributed by atoms with Crippen molar-refractivity contribution >= 4 is 21.6 Å². The third-order valence-electron chi connectivity index (χ3n) is 5.11. The Kier molecular flexibility index (Phi) is 5.82. The number of amides is 1. The van der Waals surface area contributed by atoms with Gasteiger partial charge in [0.2, 0.25) is 15.9 Å². The molecule has 1 aliphatic rings. The largest absolute Gasteiger partial charge is 0.487 e. The van der Waals surface area contributed by atoms with Crippen molar-refractivity contribution in [2.75, 3.05) is 10.6 Å². The summed E-state index contributed by atoms with van der Waals surface area (Å²) in [6.45, 7) is 7.37. The van der Waals surface area contributed by atoms with Crippen LogP contribution in [0.2, 0.25) is 0 Å². The zero-order valence-corrected chi connectivity index (χ0v) is 18.6. The van der Waals surface area contributed by atoms with E-state index in [1.807, 2.05) is 39.0 Å². The molecule has 162 valence electrons. The van der Waals surface area contributed by atoms with Gasteiger partial charge in [-0.2, -0.15) is 0 Å². The van der Waals surface area contributed by atoms with E-state index in [1.165, 1.54) is 19.1 Å². The van der Waals surface area contributed by atoms with Crippen LogP contribution in [0.4, 0.5) is 10.1 Å². The van der Waals surface area contributed by atoms with Crippen molar-refractivity contribution in [3.8, 4) is 5.75 Å². The maximum Gasteiger partial charge on any atom is 0.244 e. The molecule has 1 aliphatic heterocycles. The second-order valence-corrected chi connectivity index (χ2v) is 10.2. The summed E-state index contributed by atoms with van der Waals surface area (Å²) < 4.78 is 45.2. The molecule has 1 N–H and O–H groups in total. The number of benzene rings is 2. The molecule has 2 aromatic carbocycles. The van der Waals surface area contributed by atoms with Gasteiger partial charge in [0, 0.05) is 12.0 Å². The van der Waals surface area contributed by atoms with Gasteiger partial charge in [0.1, 0.15) is 23.2 Å². The first-order valence-electron chi connectivity index (χ1n) is 9.72. The number of rotatable bonds is 5. The number of fused-ring (bicyclic) bond motifs is 1. The molecule has 6 nitrogen and oxygen atoms in total. The molecule has 0 radical (unpaired) electrons. The quantitative estimate of drug-likeness (QED) is 0.779. The molecule has 0 saturated carbocycles. The molecule has 0 fully saturated rings. The summed E-state index contributed by atoms with van der Waals surface area (Å²) >= 11 is 0. The second kappa shape index (κ2) is 7.91. The Hall–Kier alpha value is -2.61. The van der Waals surface area contributed by atoms with Crippen molar-refractivity contribution in [1.82, 2.24) is 5.32 Å². The molecule has 0 aliphatic carbocycles. The van der Waals surface area contributed by atoms with Crippen LogP contribution in [-0.4, -0.2) is 32.2 Å². The van der Waals surface area contributed by atoms with Gasteiger partial charge in [-0.15, -0.1) is 0 Å². The molecule has 0 unspecified atom stereocenters. The lowest BCUT2D eigenvalue weighted by Gasteiger charge is -2.39. The van der Waals surface area contributed by atoms with Gasteiger partial charge < -0.3 is 10.1 Å². The first-order valence-corrected chi connectivity index (χ1v) is 11.6. The van der Waals surface area contributed by atoms with Crippen LogP contribution in [0.5, 0.6) is 5.75 Å². The van der Waals surface area contributed by atoms with Crippen molar-refractivity contribution in [2.45, 2.75) is 51.8 Å². The number of sulfonamides is 1. The highest BCUT2D eigenvalue weighted by Crippen LogP contribution is 2.40. The van der Waals surface area contributed by atoms with Crippen LogP contribution in [0.15, 0.2) is 42.5 Å². The lowest BCUT2D eigenvalue weighted by atomic mass is 9.89. The minimum absolute atomic E-state index is 0.227. The number of nitrogens with zero attached hydrogens (tertiary/aromatic N) is 1. The number of hydrogen-bond acceptors (Lipinski definition) is 4. The molecule has 30 heavy (non-hydrogen) atoms. The van der Waals surface area contributed by atoms with E-state index in [0.717, 1.165) is 33.8 Å². The predicted octanol–water partition coefficient (Wildman–Crippen LogP) is 3.71. The monoisotopic (exact) mass is 434 g/mol. The van der Waals surface area contributed by atoms with E-state index in [9.17, 15) is 17.6 Å². The molecule has 8 heteroatoms. The Morgan fingerprint density at radius 3 is 2.47 bits per heavy atom. The highest BCUT2D eigenvalue weighted by Gasteiger charge is 2.37. The van der Waals surface area contributed by atoms with Crippen molar-refractivity contribution in [1.29, 1.82) is 0 Å². The van der Waals surface area contributed by atoms with E-state index < -0.39 is 33.4 Å². The third kappa shape index (κ3) is 4.75. The average Bonchev–Trinajstić information content (AvgIpc) is 2.61. The van der Waals surface area contributed by atoms with Crippen molar-refractivity contribution < 1.29 is 22.3 Å². The lowest BCUT2D eigenvalue weighted by molar-refractivity contribution is -0.123. The summed E-state index contributed by atoms with van der Waals surface area (Å²) in [6, 6.07) is 9.47. The second-order valence-electron chi connectivity index (χ2n) is 8.38. The molecule has 0 spiro atoms. The predicted molar refractivity (Wildman–Crippen MR) is 115 cm³/mol. The van der Waals surface area contributed by atoms with Gasteiger partial charge in [-0.05, 0) is 63.6 Å². The molecule has 2 atom stereocenters. The number of halogens is 1. The number of nitrogens with one attached hydrogen (secondary N) is 1. The maximum atomic E-state index is 13.3. The van der Waals surface area contributed by atoms with Gasteiger partial charge in [-0.1, -0.05) is 12.1 Å². The van der Waals surface area contributed by atoms with Crippen LogP contribution >= 0.6 is 0 Å². The summed E-state index contributed by atoms with van der Waals surface area (Å²) in [5, 5.41) is 2.98. The topological polar surface area (TPSA) is 75.7 Å². The van der Waals surface area contributed by atoms with Crippen molar-refractivity contribution in [3.63, 3.8) is 0 Å². The molecular formula is C22H27FN2O4S. The molecular weight excluding hydrogens is 407 g/mol. The summed E-state index contributed by atoms with van der Waals surface area (Å²) in [7, 11) is -3.78. The molecule has 1 amide bonds. The SMILES string of the molecule is Cc1ccc2c(c1)OC(C)(C)C[C@H]2NC(=O)[C@@H](C)N(c1ccc(F)cc1)S(C)(=O)=O. The van der Waals surface area contributed by atoms with Crippen LogP contribution in [0.3, 0.4) is 0 Å². The standard InChI is InChI=1S/C22H27FN2O4S/c1-14-6-11-18-19(13-22(3,4)29-20(18)12-14)24-21(26)15(2)25(30(5,27)28)17-9-7-16(23)8-10-17/h6-12,15,19H,13H2,1-5H3,(H,24,26)/t15-,19-/m1/s1. The molecule has 2 aromatic rings. The van der Waals surface area contributed by atoms with Gasteiger partial charge in [0.15, 0.2) is 0 Å². The van der Waals surface area contributed by atoms with Crippen LogP contribution in [0.1, 0.15) is 44.4 Å². The Morgan fingerprint density at radius 1 is 1.23 bits per heavy atom. The van der Waals surface area contributed by atoms with Crippen LogP contribution < -0.4 is 14.4 Å². The van der Waals surface area contributed by atoms with E-state index in [0.29, 0.717) is 12.2 Å².